The Hall–Kier alpha value is -1.75. The van der Waals surface area contributed by atoms with Crippen LogP contribution < -0.4 is 0 Å². The van der Waals surface area contributed by atoms with Gasteiger partial charge in [-0.25, -0.2) is 0 Å². The van der Waals surface area contributed by atoms with Crippen LogP contribution in [0.5, 0.6) is 0 Å². The third-order valence-electron chi connectivity index (χ3n) is 2.30. The van der Waals surface area contributed by atoms with Crippen LogP contribution >= 0.6 is 11.6 Å². The minimum absolute atomic E-state index is 0.0495. The fourth-order valence-electron chi connectivity index (χ4n) is 1.47. The number of hydrogen-bond donors (Lipinski definition) is 0. The topological polar surface area (TPSA) is 30.2 Å². The molecular weight excluding hydrogens is 269 g/mol. The van der Waals surface area contributed by atoms with Gasteiger partial charge in [0, 0.05) is 5.56 Å². The highest BCUT2D eigenvalue weighted by atomic mass is 35.5. The first kappa shape index (κ1) is 12.7. The monoisotopic (exact) mass is 274 g/mol. The average Bonchev–Trinajstić information content (AvgIpc) is 2.76. The predicted molar refractivity (Wildman–Crippen MR) is 59.5 cm³/mol. The van der Waals surface area contributed by atoms with Crippen molar-refractivity contribution in [2.75, 3.05) is 0 Å². The highest BCUT2D eigenvalue weighted by Crippen LogP contribution is 2.37. The molecule has 2 nitrogen and oxygen atoms in total. The Labute approximate surface area is 105 Å². The molecule has 2 rings (SSSR count). The molecule has 94 valence electrons. The van der Waals surface area contributed by atoms with Gasteiger partial charge in [0.05, 0.1) is 10.6 Å². The van der Waals surface area contributed by atoms with Crippen molar-refractivity contribution in [1.82, 2.24) is 0 Å². The number of carbonyl (C=O) groups excluding carboxylic acids is 1. The summed E-state index contributed by atoms with van der Waals surface area (Å²) in [4.78, 5) is 10.4. The Morgan fingerprint density at radius 3 is 2.44 bits per heavy atom. The van der Waals surface area contributed by atoms with Crippen molar-refractivity contribution < 1.29 is 22.4 Å². The van der Waals surface area contributed by atoms with Crippen molar-refractivity contribution in [2.24, 2.45) is 0 Å². The number of hydrogen-bond acceptors (Lipinski definition) is 2. The maximum Gasteiger partial charge on any atom is 0.417 e. The zero-order chi connectivity index (χ0) is 13.3. The van der Waals surface area contributed by atoms with E-state index >= 15 is 0 Å². The van der Waals surface area contributed by atoms with Crippen molar-refractivity contribution in [1.29, 1.82) is 0 Å². The normalized spacial score (nSPS) is 11.6. The summed E-state index contributed by atoms with van der Waals surface area (Å²) in [6, 6.07) is 6.22. The third kappa shape index (κ3) is 2.41. The number of carbonyl (C=O) groups is 1. The summed E-state index contributed by atoms with van der Waals surface area (Å²) in [6.07, 6.45) is -4.06. The molecule has 0 fully saturated rings. The van der Waals surface area contributed by atoms with Crippen LogP contribution in [0.25, 0.3) is 11.3 Å². The van der Waals surface area contributed by atoms with Gasteiger partial charge in [-0.3, -0.25) is 4.79 Å². The first-order valence-corrected chi connectivity index (χ1v) is 5.22. The molecule has 0 atom stereocenters. The summed E-state index contributed by atoms with van der Waals surface area (Å²) in [5.41, 5.74) is -0.731. The van der Waals surface area contributed by atoms with Gasteiger partial charge in [-0.15, -0.1) is 0 Å². The van der Waals surface area contributed by atoms with E-state index in [2.05, 4.69) is 0 Å². The average molecular weight is 275 g/mol. The molecule has 0 saturated heterocycles. The van der Waals surface area contributed by atoms with Gasteiger partial charge in [0.2, 0.25) is 0 Å². The summed E-state index contributed by atoms with van der Waals surface area (Å²) >= 11 is 5.49. The van der Waals surface area contributed by atoms with Gasteiger partial charge in [0.15, 0.2) is 12.0 Å². The molecule has 0 aliphatic heterocycles. The second-order valence-corrected chi connectivity index (χ2v) is 3.92. The molecule has 0 N–H and O–H groups in total. The van der Waals surface area contributed by atoms with E-state index < -0.39 is 11.7 Å². The molecule has 1 heterocycles. The van der Waals surface area contributed by atoms with E-state index in [0.29, 0.717) is 6.29 Å². The van der Waals surface area contributed by atoms with Crippen LogP contribution in [0.4, 0.5) is 13.2 Å². The van der Waals surface area contributed by atoms with Crippen molar-refractivity contribution in [2.45, 2.75) is 6.18 Å². The molecule has 2 aromatic rings. The Bertz CT molecular complexity index is 587. The fraction of sp³-hybridized carbons (Fsp3) is 0.0833. The molecule has 0 aliphatic carbocycles. The lowest BCUT2D eigenvalue weighted by atomic mass is 10.1. The molecule has 0 unspecified atom stereocenters. The van der Waals surface area contributed by atoms with Crippen LogP contribution in [-0.4, -0.2) is 6.29 Å². The summed E-state index contributed by atoms with van der Waals surface area (Å²) in [5.74, 6) is 0.229. The molecule has 0 bridgehead atoms. The van der Waals surface area contributed by atoms with Crippen LogP contribution in [0.2, 0.25) is 5.02 Å². The molecule has 0 amide bonds. The van der Waals surface area contributed by atoms with Gasteiger partial charge in [-0.05, 0) is 30.3 Å². The summed E-state index contributed by atoms with van der Waals surface area (Å²) < 4.78 is 43.0. The zero-order valence-electron chi connectivity index (χ0n) is 8.79. The molecule has 0 saturated carbocycles. The smallest absolute Gasteiger partial charge is 0.417 e. The molecule has 0 aliphatic rings. The van der Waals surface area contributed by atoms with Crippen LogP contribution in [0.15, 0.2) is 34.7 Å². The van der Waals surface area contributed by atoms with Crippen molar-refractivity contribution >= 4 is 17.9 Å². The standard InChI is InChI=1S/C12H6ClF3O2/c13-10-3-1-7(5-9(10)12(14,15)16)11-4-2-8(6-17)18-11/h1-6H. The number of rotatable bonds is 2. The van der Waals surface area contributed by atoms with Gasteiger partial charge in [0.1, 0.15) is 5.76 Å². The van der Waals surface area contributed by atoms with Crippen LogP contribution in [0, 0.1) is 0 Å². The van der Waals surface area contributed by atoms with E-state index in [1.165, 1.54) is 18.2 Å². The lowest BCUT2D eigenvalue weighted by Gasteiger charge is -2.09. The third-order valence-corrected chi connectivity index (χ3v) is 2.63. The lowest BCUT2D eigenvalue weighted by Crippen LogP contribution is -2.05. The highest BCUT2D eigenvalue weighted by Gasteiger charge is 2.33. The molecule has 1 aromatic carbocycles. The maximum atomic E-state index is 12.6. The zero-order valence-corrected chi connectivity index (χ0v) is 9.55. The number of alkyl halides is 3. The number of furan rings is 1. The van der Waals surface area contributed by atoms with E-state index in [-0.39, 0.29) is 22.1 Å². The first-order chi connectivity index (χ1) is 8.41. The molecular formula is C12H6ClF3O2. The van der Waals surface area contributed by atoms with Gasteiger partial charge < -0.3 is 4.42 Å². The Morgan fingerprint density at radius 2 is 1.89 bits per heavy atom. The highest BCUT2D eigenvalue weighted by molar-refractivity contribution is 6.31. The minimum Gasteiger partial charge on any atom is -0.453 e. The summed E-state index contributed by atoms with van der Waals surface area (Å²) in [6.45, 7) is 0. The van der Waals surface area contributed by atoms with Gasteiger partial charge in [0.25, 0.3) is 0 Å². The van der Waals surface area contributed by atoms with Crippen molar-refractivity contribution in [3.8, 4) is 11.3 Å². The Balaban J connectivity index is 2.50. The van der Waals surface area contributed by atoms with Crippen LogP contribution in [0.3, 0.4) is 0 Å². The second kappa shape index (κ2) is 4.49. The predicted octanol–water partition coefficient (Wildman–Crippen LogP) is 4.43. The summed E-state index contributed by atoms with van der Waals surface area (Å²) in [5, 5.41) is -0.381. The van der Waals surface area contributed by atoms with E-state index in [0.717, 1.165) is 12.1 Å². The van der Waals surface area contributed by atoms with Gasteiger partial charge in [-0.2, -0.15) is 13.2 Å². The van der Waals surface area contributed by atoms with Crippen LogP contribution in [-0.2, 0) is 6.18 Å². The van der Waals surface area contributed by atoms with Gasteiger partial charge >= 0.3 is 6.18 Å². The SMILES string of the molecule is O=Cc1ccc(-c2ccc(Cl)c(C(F)(F)F)c2)o1. The lowest BCUT2D eigenvalue weighted by molar-refractivity contribution is -0.137. The Morgan fingerprint density at radius 1 is 1.17 bits per heavy atom. The van der Waals surface area contributed by atoms with Gasteiger partial charge in [-0.1, -0.05) is 11.6 Å². The molecule has 18 heavy (non-hydrogen) atoms. The Kier molecular flexibility index (Phi) is 3.17. The molecule has 1 aromatic heterocycles. The first-order valence-electron chi connectivity index (χ1n) is 4.84. The van der Waals surface area contributed by atoms with Crippen molar-refractivity contribution in [3.05, 3.63) is 46.7 Å². The summed E-state index contributed by atoms with van der Waals surface area (Å²) in [7, 11) is 0. The largest absolute Gasteiger partial charge is 0.453 e. The molecule has 0 radical (unpaired) electrons. The van der Waals surface area contributed by atoms with E-state index in [1.807, 2.05) is 0 Å². The number of benzene rings is 1. The number of halogens is 4. The quantitative estimate of drug-likeness (QED) is 0.758. The maximum absolute atomic E-state index is 12.6. The van der Waals surface area contributed by atoms with Crippen LogP contribution in [0.1, 0.15) is 16.1 Å². The van der Waals surface area contributed by atoms with E-state index in [4.69, 9.17) is 16.0 Å². The fourth-order valence-corrected chi connectivity index (χ4v) is 1.69. The second-order valence-electron chi connectivity index (χ2n) is 3.51. The molecule has 0 spiro atoms. The van der Waals surface area contributed by atoms with Crippen molar-refractivity contribution in [3.63, 3.8) is 0 Å². The van der Waals surface area contributed by atoms with E-state index in [1.54, 1.807) is 0 Å². The minimum atomic E-state index is -4.53. The molecule has 6 heteroatoms. The number of aldehydes is 1. The van der Waals surface area contributed by atoms with E-state index in [9.17, 15) is 18.0 Å².